The first-order valence-corrected chi connectivity index (χ1v) is 6.52. The summed E-state index contributed by atoms with van der Waals surface area (Å²) in [6.07, 6.45) is 1.04. The molecule has 0 aliphatic rings. The molecule has 0 saturated heterocycles. The molecule has 0 aliphatic heterocycles. The minimum atomic E-state index is -0.663. The van der Waals surface area contributed by atoms with Gasteiger partial charge in [-0.3, -0.25) is 0 Å². The molecule has 1 atom stereocenters. The van der Waals surface area contributed by atoms with Crippen molar-refractivity contribution in [3.05, 3.63) is 77.2 Å². The van der Waals surface area contributed by atoms with Crippen LogP contribution in [0.5, 0.6) is 0 Å². The lowest BCUT2D eigenvalue weighted by atomic mass is 10.1. The molecule has 0 fully saturated rings. The number of aliphatic hydroxyl groups excluding tert-OH is 1. The first-order chi connectivity index (χ1) is 9.25. The molecule has 0 aromatic heterocycles. The summed E-state index contributed by atoms with van der Waals surface area (Å²) in [5.41, 5.74) is 1.91. The number of rotatable bonds is 6. The molecular formula is C16H16ClO2. The van der Waals surface area contributed by atoms with Crippen LogP contribution in [0.15, 0.2) is 54.6 Å². The summed E-state index contributed by atoms with van der Waals surface area (Å²) < 4.78 is 5.47. The van der Waals surface area contributed by atoms with Crippen LogP contribution in [0.3, 0.4) is 0 Å². The van der Waals surface area contributed by atoms with Gasteiger partial charge in [0.15, 0.2) is 0 Å². The van der Waals surface area contributed by atoms with Crippen LogP contribution in [0.4, 0.5) is 0 Å². The van der Waals surface area contributed by atoms with Crippen LogP contribution in [0.2, 0.25) is 5.02 Å². The minimum absolute atomic E-state index is 0.250. The molecule has 1 unspecified atom stereocenters. The van der Waals surface area contributed by atoms with Gasteiger partial charge < -0.3 is 9.84 Å². The average molecular weight is 276 g/mol. The standard InChI is InChI=1S/C16H16ClO2/c17-16-9-5-4-8-14(16)10-15(18)12-19-11-13-6-2-1-3-7-13/h1-10,15,18H,11-12H2. The maximum atomic E-state index is 9.87. The van der Waals surface area contributed by atoms with Gasteiger partial charge in [0.1, 0.15) is 0 Å². The average Bonchev–Trinajstić information content (AvgIpc) is 2.43. The Balaban J connectivity index is 1.76. The van der Waals surface area contributed by atoms with Crippen LogP contribution >= 0.6 is 11.6 Å². The van der Waals surface area contributed by atoms with Crippen LogP contribution in [-0.2, 0) is 11.3 Å². The molecule has 0 spiro atoms. The zero-order valence-corrected chi connectivity index (χ0v) is 11.3. The summed E-state index contributed by atoms with van der Waals surface area (Å²) in [5, 5.41) is 10.5. The lowest BCUT2D eigenvalue weighted by Gasteiger charge is -2.12. The van der Waals surface area contributed by atoms with Crippen molar-refractivity contribution < 1.29 is 9.84 Å². The second-order valence-electron chi connectivity index (χ2n) is 4.26. The first-order valence-electron chi connectivity index (χ1n) is 6.15. The fourth-order valence-corrected chi connectivity index (χ4v) is 1.94. The van der Waals surface area contributed by atoms with Crippen molar-refractivity contribution >= 4 is 11.6 Å². The van der Waals surface area contributed by atoms with Crippen molar-refractivity contribution in [3.63, 3.8) is 0 Å². The van der Waals surface area contributed by atoms with E-state index in [1.54, 1.807) is 12.5 Å². The van der Waals surface area contributed by atoms with Crippen molar-refractivity contribution in [1.82, 2.24) is 0 Å². The highest BCUT2D eigenvalue weighted by Crippen LogP contribution is 2.18. The van der Waals surface area contributed by atoms with Gasteiger partial charge in [0.25, 0.3) is 0 Å². The number of hydrogen-bond donors (Lipinski definition) is 1. The summed E-state index contributed by atoms with van der Waals surface area (Å²) in [6.45, 7) is 0.744. The predicted molar refractivity (Wildman–Crippen MR) is 77.0 cm³/mol. The Kier molecular flexibility index (Phi) is 5.40. The van der Waals surface area contributed by atoms with Crippen molar-refractivity contribution in [1.29, 1.82) is 0 Å². The largest absolute Gasteiger partial charge is 0.390 e. The van der Waals surface area contributed by atoms with E-state index in [9.17, 15) is 5.11 Å². The van der Waals surface area contributed by atoms with Crippen LogP contribution in [0.25, 0.3) is 0 Å². The first kappa shape index (κ1) is 14.1. The Hall–Kier alpha value is -1.35. The maximum Gasteiger partial charge on any atom is 0.0849 e. The highest BCUT2D eigenvalue weighted by atomic mass is 35.5. The Morgan fingerprint density at radius 3 is 2.47 bits per heavy atom. The van der Waals surface area contributed by atoms with Crippen LogP contribution in [0.1, 0.15) is 11.1 Å². The van der Waals surface area contributed by atoms with Crippen molar-refractivity contribution in [2.75, 3.05) is 6.61 Å². The third kappa shape index (κ3) is 4.67. The Bertz CT molecular complexity index is 499. The number of aliphatic hydroxyl groups is 1. The predicted octanol–water partition coefficient (Wildman–Crippen LogP) is 3.47. The van der Waals surface area contributed by atoms with Crippen molar-refractivity contribution in [2.24, 2.45) is 0 Å². The van der Waals surface area contributed by atoms with Crippen LogP contribution < -0.4 is 0 Å². The fraction of sp³-hybridized carbons (Fsp3) is 0.188. The molecular weight excluding hydrogens is 260 g/mol. The molecule has 99 valence electrons. The van der Waals surface area contributed by atoms with Gasteiger partial charge in [0.05, 0.1) is 19.3 Å². The molecule has 1 N–H and O–H groups in total. The second-order valence-corrected chi connectivity index (χ2v) is 4.66. The van der Waals surface area contributed by atoms with Gasteiger partial charge in [-0.05, 0) is 17.2 Å². The zero-order chi connectivity index (χ0) is 13.5. The molecule has 0 amide bonds. The number of hydrogen-bond acceptors (Lipinski definition) is 2. The highest BCUT2D eigenvalue weighted by Gasteiger charge is 2.08. The lowest BCUT2D eigenvalue weighted by molar-refractivity contribution is 0.0449. The van der Waals surface area contributed by atoms with Gasteiger partial charge in [-0.1, -0.05) is 60.1 Å². The molecule has 1 radical (unpaired) electrons. The van der Waals surface area contributed by atoms with Gasteiger partial charge in [-0.25, -0.2) is 0 Å². The van der Waals surface area contributed by atoms with Crippen LogP contribution in [-0.4, -0.2) is 17.8 Å². The van der Waals surface area contributed by atoms with Gasteiger partial charge in [0, 0.05) is 11.4 Å². The molecule has 2 aromatic carbocycles. The SMILES string of the molecule is OC([CH]c1ccccc1Cl)COCc1ccccc1. The van der Waals surface area contributed by atoms with E-state index in [1.807, 2.05) is 48.5 Å². The molecule has 2 rings (SSSR count). The fourth-order valence-electron chi connectivity index (χ4n) is 1.74. The molecule has 2 nitrogen and oxygen atoms in total. The van der Waals surface area contributed by atoms with Crippen molar-refractivity contribution in [3.8, 4) is 0 Å². The summed E-state index contributed by atoms with van der Waals surface area (Å²) in [4.78, 5) is 0. The second kappa shape index (κ2) is 7.29. The molecule has 3 heteroatoms. The topological polar surface area (TPSA) is 29.5 Å². The van der Waals surface area contributed by atoms with E-state index in [2.05, 4.69) is 0 Å². The Labute approximate surface area is 118 Å². The van der Waals surface area contributed by atoms with E-state index >= 15 is 0 Å². The maximum absolute atomic E-state index is 9.87. The summed E-state index contributed by atoms with van der Waals surface area (Å²) >= 11 is 6.02. The Morgan fingerprint density at radius 1 is 1.05 bits per heavy atom. The monoisotopic (exact) mass is 275 g/mol. The Morgan fingerprint density at radius 2 is 1.74 bits per heavy atom. The third-order valence-corrected chi connectivity index (χ3v) is 3.02. The molecule has 0 heterocycles. The van der Waals surface area contributed by atoms with Gasteiger partial charge in [-0.15, -0.1) is 0 Å². The summed E-state index contributed by atoms with van der Waals surface area (Å²) in [7, 11) is 0. The molecule has 0 aliphatic carbocycles. The minimum Gasteiger partial charge on any atom is -0.390 e. The van der Waals surface area contributed by atoms with Gasteiger partial charge >= 0.3 is 0 Å². The normalized spacial score (nSPS) is 12.3. The summed E-state index contributed by atoms with van der Waals surface area (Å²) in [5.74, 6) is 0. The number of ether oxygens (including phenoxy) is 1. The summed E-state index contributed by atoms with van der Waals surface area (Å²) in [6, 6.07) is 17.3. The van der Waals surface area contributed by atoms with Crippen LogP contribution in [0, 0.1) is 6.42 Å². The molecule has 0 saturated carbocycles. The van der Waals surface area contributed by atoms with E-state index in [4.69, 9.17) is 16.3 Å². The zero-order valence-electron chi connectivity index (χ0n) is 10.5. The quantitative estimate of drug-likeness (QED) is 0.875. The van der Waals surface area contributed by atoms with E-state index in [-0.39, 0.29) is 6.61 Å². The van der Waals surface area contributed by atoms with E-state index in [1.165, 1.54) is 0 Å². The van der Waals surface area contributed by atoms with Gasteiger partial charge in [0.2, 0.25) is 0 Å². The van der Waals surface area contributed by atoms with E-state index < -0.39 is 6.10 Å². The van der Waals surface area contributed by atoms with Gasteiger partial charge in [-0.2, -0.15) is 0 Å². The molecule has 19 heavy (non-hydrogen) atoms. The smallest absolute Gasteiger partial charge is 0.0849 e. The lowest BCUT2D eigenvalue weighted by Crippen LogP contribution is -2.16. The molecule has 2 aromatic rings. The van der Waals surface area contributed by atoms with Crippen molar-refractivity contribution in [2.45, 2.75) is 12.7 Å². The number of halogens is 1. The highest BCUT2D eigenvalue weighted by molar-refractivity contribution is 6.31. The van der Waals surface area contributed by atoms with E-state index in [0.29, 0.717) is 11.6 Å². The van der Waals surface area contributed by atoms with E-state index in [0.717, 1.165) is 11.1 Å². The molecule has 0 bridgehead atoms. The third-order valence-electron chi connectivity index (χ3n) is 2.68. The number of benzene rings is 2.